The van der Waals surface area contributed by atoms with Gasteiger partial charge in [-0.15, -0.1) is 0 Å². The Morgan fingerprint density at radius 1 is 0.250 bits per heavy atom. The fourth-order valence-electron chi connectivity index (χ4n) is 10.6. The van der Waals surface area contributed by atoms with Crippen molar-refractivity contribution in [3.63, 3.8) is 0 Å². The zero-order valence-electron chi connectivity index (χ0n) is 36.8. The van der Waals surface area contributed by atoms with Gasteiger partial charge in [-0.2, -0.15) is 0 Å². The van der Waals surface area contributed by atoms with E-state index in [0.29, 0.717) is 17.5 Å². The molecule has 0 saturated heterocycles. The van der Waals surface area contributed by atoms with Crippen LogP contribution in [0.2, 0.25) is 0 Å². The van der Waals surface area contributed by atoms with E-state index < -0.39 is 0 Å². The summed E-state index contributed by atoms with van der Waals surface area (Å²) in [5, 5.41) is 11.7. The lowest BCUT2D eigenvalue weighted by molar-refractivity contribution is 1.08. The van der Waals surface area contributed by atoms with Crippen molar-refractivity contribution in [3.05, 3.63) is 237 Å². The zero-order valence-corrected chi connectivity index (χ0v) is 36.8. The molecule has 0 aliphatic carbocycles. The van der Waals surface area contributed by atoms with E-state index in [4.69, 9.17) is 15.0 Å². The second kappa shape index (κ2) is 15.2. The van der Waals surface area contributed by atoms with E-state index in [1.807, 2.05) is 18.2 Å². The van der Waals surface area contributed by atoms with Crippen LogP contribution in [0.15, 0.2) is 237 Å². The van der Waals surface area contributed by atoms with E-state index in [9.17, 15) is 0 Å². The Bertz CT molecular complexity index is 4210. The van der Waals surface area contributed by atoms with Gasteiger partial charge in [0.15, 0.2) is 17.5 Å². The van der Waals surface area contributed by atoms with Gasteiger partial charge in [-0.05, 0) is 99.2 Å². The molecule has 3 aromatic heterocycles. The van der Waals surface area contributed by atoms with Crippen LogP contribution in [-0.4, -0.2) is 24.1 Å². The van der Waals surface area contributed by atoms with Crippen molar-refractivity contribution in [2.24, 2.45) is 0 Å². The number of hydrogen-bond acceptors (Lipinski definition) is 3. The SMILES string of the molecule is c1ccc(-c2nc(-c3ccc4c(c3)c3ccccc3n4-c3ccccc3)nc(-c3cc(-c4ccccc4)c(-n4c5cc6ccccc6cc5c5cc6ccccc6cc54)c4ccccc34)n2)cc1. The lowest BCUT2D eigenvalue weighted by atomic mass is 9.93. The Labute approximate surface area is 391 Å². The summed E-state index contributed by atoms with van der Waals surface area (Å²) >= 11 is 0. The third-order valence-electron chi connectivity index (χ3n) is 13.7. The molecule has 0 N–H and O–H groups in total. The van der Waals surface area contributed by atoms with Crippen molar-refractivity contribution in [3.8, 4) is 56.7 Å². The molecule has 68 heavy (non-hydrogen) atoms. The highest BCUT2D eigenvalue weighted by Crippen LogP contribution is 2.45. The first-order valence-electron chi connectivity index (χ1n) is 23.1. The van der Waals surface area contributed by atoms with Gasteiger partial charge in [0.25, 0.3) is 0 Å². The van der Waals surface area contributed by atoms with Gasteiger partial charge in [0.1, 0.15) is 0 Å². The largest absolute Gasteiger partial charge is 0.309 e. The normalized spacial score (nSPS) is 11.8. The maximum absolute atomic E-state index is 5.46. The predicted octanol–water partition coefficient (Wildman–Crippen LogP) is 16.2. The molecule has 0 amide bonds. The lowest BCUT2D eigenvalue weighted by Crippen LogP contribution is -2.03. The van der Waals surface area contributed by atoms with Crippen LogP contribution >= 0.6 is 0 Å². The number of benzene rings is 11. The van der Waals surface area contributed by atoms with Gasteiger partial charge in [0.05, 0.1) is 27.8 Å². The van der Waals surface area contributed by atoms with E-state index in [2.05, 4.69) is 228 Å². The molecular formula is C63H39N5. The number of fused-ring (bicyclic) bond motifs is 9. The van der Waals surface area contributed by atoms with Gasteiger partial charge in [0.2, 0.25) is 0 Å². The molecule has 3 heterocycles. The average Bonchev–Trinajstić information content (AvgIpc) is 3.90. The number of nitrogens with zero attached hydrogens (tertiary/aromatic N) is 5. The first-order chi connectivity index (χ1) is 33.7. The van der Waals surface area contributed by atoms with E-state index in [1.54, 1.807) is 0 Å². The van der Waals surface area contributed by atoms with Crippen molar-refractivity contribution < 1.29 is 0 Å². The summed E-state index contributed by atoms with van der Waals surface area (Å²) in [6, 6.07) is 84.7. The van der Waals surface area contributed by atoms with Gasteiger partial charge < -0.3 is 9.13 Å². The van der Waals surface area contributed by atoms with Gasteiger partial charge >= 0.3 is 0 Å². The summed E-state index contributed by atoms with van der Waals surface area (Å²) in [5.74, 6) is 1.84. The van der Waals surface area contributed by atoms with Gasteiger partial charge in [-0.1, -0.05) is 170 Å². The van der Waals surface area contributed by atoms with Crippen LogP contribution in [0.4, 0.5) is 0 Å². The summed E-state index contributed by atoms with van der Waals surface area (Å²) in [5.41, 5.74) is 11.8. The van der Waals surface area contributed by atoms with Crippen molar-refractivity contribution in [2.45, 2.75) is 0 Å². The molecule has 5 nitrogen and oxygen atoms in total. The number of rotatable bonds is 6. The molecule has 316 valence electrons. The second-order valence-electron chi connectivity index (χ2n) is 17.6. The van der Waals surface area contributed by atoms with Crippen LogP contribution in [0.1, 0.15) is 0 Å². The van der Waals surface area contributed by atoms with Crippen molar-refractivity contribution in [1.82, 2.24) is 24.1 Å². The number of hydrogen-bond donors (Lipinski definition) is 0. The molecule has 0 aliphatic rings. The summed E-state index contributed by atoms with van der Waals surface area (Å²) in [6.45, 7) is 0. The molecule has 0 unspecified atom stereocenters. The van der Waals surface area contributed by atoms with Crippen LogP contribution in [0.25, 0.3) is 133 Å². The van der Waals surface area contributed by atoms with E-state index in [0.717, 1.165) is 77.4 Å². The minimum Gasteiger partial charge on any atom is -0.309 e. The minimum absolute atomic E-state index is 0.611. The molecule has 0 atom stereocenters. The van der Waals surface area contributed by atoms with Crippen LogP contribution in [0.5, 0.6) is 0 Å². The first-order valence-corrected chi connectivity index (χ1v) is 23.1. The molecule has 0 radical (unpaired) electrons. The first kappa shape index (κ1) is 38.1. The molecule has 0 bridgehead atoms. The molecular weight excluding hydrogens is 827 g/mol. The third kappa shape index (κ3) is 5.99. The summed E-state index contributed by atoms with van der Waals surface area (Å²) in [7, 11) is 0. The van der Waals surface area contributed by atoms with Crippen LogP contribution in [0, 0.1) is 0 Å². The third-order valence-corrected chi connectivity index (χ3v) is 13.7. The summed E-state index contributed by atoms with van der Waals surface area (Å²) < 4.78 is 4.84. The topological polar surface area (TPSA) is 48.5 Å². The van der Waals surface area contributed by atoms with Crippen molar-refractivity contribution in [1.29, 1.82) is 0 Å². The fourth-order valence-corrected chi connectivity index (χ4v) is 10.6. The summed E-state index contributed by atoms with van der Waals surface area (Å²) in [6.07, 6.45) is 0. The van der Waals surface area contributed by atoms with E-state index >= 15 is 0 Å². The highest BCUT2D eigenvalue weighted by molar-refractivity contribution is 6.19. The zero-order chi connectivity index (χ0) is 44.7. The Morgan fingerprint density at radius 3 is 1.37 bits per heavy atom. The molecule has 0 spiro atoms. The van der Waals surface area contributed by atoms with E-state index in [-0.39, 0.29) is 0 Å². The average molecular weight is 866 g/mol. The van der Waals surface area contributed by atoms with Crippen LogP contribution < -0.4 is 0 Å². The molecule has 0 fully saturated rings. The lowest BCUT2D eigenvalue weighted by Gasteiger charge is -2.20. The predicted molar refractivity (Wildman–Crippen MR) is 283 cm³/mol. The number of para-hydroxylation sites is 2. The second-order valence-corrected chi connectivity index (χ2v) is 17.6. The standard InChI is InChI=1S/C63H39N5/c1-4-18-40(19-5-1)51-39-55(48-28-14-15-30-50(48)60(51)68-58-37-44-24-12-10-22-42(44)34-53(58)54-35-43-23-11-13-25-45(43)38-59(54)68)63-65-61(41-20-6-2-7-21-41)64-62(66-63)46-32-33-57-52(36-46)49-29-16-17-31-56(49)67(57)47-26-8-3-9-27-47/h1-39H. The Kier molecular flexibility index (Phi) is 8.52. The highest BCUT2D eigenvalue weighted by Gasteiger charge is 2.24. The molecule has 0 aliphatic heterocycles. The van der Waals surface area contributed by atoms with Gasteiger partial charge in [-0.3, -0.25) is 0 Å². The molecule has 11 aromatic carbocycles. The molecule has 14 aromatic rings. The Balaban J connectivity index is 1.06. The maximum Gasteiger partial charge on any atom is 0.164 e. The molecule has 14 rings (SSSR count). The van der Waals surface area contributed by atoms with Crippen molar-refractivity contribution >= 4 is 75.9 Å². The minimum atomic E-state index is 0.611. The smallest absolute Gasteiger partial charge is 0.164 e. The van der Waals surface area contributed by atoms with Gasteiger partial charge in [0, 0.05) is 54.9 Å². The Morgan fingerprint density at radius 2 is 0.721 bits per heavy atom. The van der Waals surface area contributed by atoms with Crippen molar-refractivity contribution in [2.75, 3.05) is 0 Å². The maximum atomic E-state index is 5.46. The fraction of sp³-hybridized carbons (Fsp3) is 0. The highest BCUT2D eigenvalue weighted by atomic mass is 15.0. The number of aromatic nitrogens is 5. The monoisotopic (exact) mass is 865 g/mol. The van der Waals surface area contributed by atoms with E-state index in [1.165, 1.54) is 37.7 Å². The van der Waals surface area contributed by atoms with Gasteiger partial charge in [-0.25, -0.2) is 15.0 Å². The quantitative estimate of drug-likeness (QED) is 0.167. The van der Waals surface area contributed by atoms with Crippen LogP contribution in [0.3, 0.4) is 0 Å². The van der Waals surface area contributed by atoms with Crippen LogP contribution in [-0.2, 0) is 0 Å². The Hall–Kier alpha value is -9.19. The summed E-state index contributed by atoms with van der Waals surface area (Å²) in [4.78, 5) is 16.1. The molecule has 0 saturated carbocycles. The molecule has 5 heteroatoms.